The zero-order chi connectivity index (χ0) is 19.3. The number of carbonyl (C=O) groups is 2. The first kappa shape index (κ1) is 19.2. The Morgan fingerprint density at radius 1 is 1.15 bits per heavy atom. The molecule has 0 saturated carbocycles. The molecule has 142 valence electrons. The van der Waals surface area contributed by atoms with Gasteiger partial charge in [0.1, 0.15) is 5.75 Å². The van der Waals surface area contributed by atoms with Crippen molar-refractivity contribution in [3.8, 4) is 5.75 Å². The number of carbonyl (C=O) groups excluding carboxylic acids is 2. The number of nitrogens with two attached hydrogens (primary N) is 1. The maximum absolute atomic E-state index is 12.9. The molecule has 1 aliphatic heterocycles. The van der Waals surface area contributed by atoms with Gasteiger partial charge in [-0.3, -0.25) is 9.59 Å². The van der Waals surface area contributed by atoms with Crippen molar-refractivity contribution in [1.82, 2.24) is 4.90 Å². The van der Waals surface area contributed by atoms with Gasteiger partial charge in [0.2, 0.25) is 5.91 Å². The number of halogens is 1. The molecule has 3 rings (SSSR count). The molecule has 1 saturated heterocycles. The maximum atomic E-state index is 12.9. The summed E-state index contributed by atoms with van der Waals surface area (Å²) in [5, 5.41) is 0.522. The number of likely N-dealkylation sites (tertiary alicyclic amines) is 1. The van der Waals surface area contributed by atoms with E-state index >= 15 is 0 Å². The van der Waals surface area contributed by atoms with Crippen molar-refractivity contribution in [1.29, 1.82) is 0 Å². The van der Waals surface area contributed by atoms with Crippen molar-refractivity contribution < 1.29 is 14.3 Å². The third-order valence-corrected chi connectivity index (χ3v) is 5.09. The molecular weight excluding hydrogens is 364 g/mol. The number of benzene rings is 2. The van der Waals surface area contributed by atoms with Crippen LogP contribution in [0.5, 0.6) is 5.75 Å². The van der Waals surface area contributed by atoms with E-state index in [1.165, 1.54) is 0 Å². The van der Waals surface area contributed by atoms with Crippen LogP contribution in [0, 0.1) is 5.41 Å². The summed E-state index contributed by atoms with van der Waals surface area (Å²) in [7, 11) is 0. The van der Waals surface area contributed by atoms with Gasteiger partial charge in [0.05, 0.1) is 6.61 Å². The summed E-state index contributed by atoms with van der Waals surface area (Å²) in [4.78, 5) is 26.4. The minimum atomic E-state index is -0.492. The second-order valence-electron chi connectivity index (χ2n) is 7.09. The summed E-state index contributed by atoms with van der Waals surface area (Å²) in [6, 6.07) is 16.4. The average Bonchev–Trinajstić information content (AvgIpc) is 2.66. The van der Waals surface area contributed by atoms with Gasteiger partial charge in [-0.05, 0) is 43.2 Å². The standard InChI is InChI=1S/C21H23ClN2O3/c22-17-7-4-6-16(12-17)20(26)24-11-5-10-21(14-24,13-19(23)25)15-27-18-8-2-1-3-9-18/h1-4,6-9,12H,5,10-11,13-15H2,(H2,23,25). The minimum Gasteiger partial charge on any atom is -0.493 e. The lowest BCUT2D eigenvalue weighted by Gasteiger charge is -2.42. The second-order valence-corrected chi connectivity index (χ2v) is 7.52. The second kappa shape index (κ2) is 8.44. The lowest BCUT2D eigenvalue weighted by Crippen LogP contribution is -2.50. The summed E-state index contributed by atoms with van der Waals surface area (Å²) >= 11 is 6.02. The molecule has 5 nitrogen and oxygen atoms in total. The molecule has 0 spiro atoms. The predicted octanol–water partition coefficient (Wildman–Crippen LogP) is 3.52. The highest BCUT2D eigenvalue weighted by Crippen LogP contribution is 2.35. The van der Waals surface area contributed by atoms with E-state index in [9.17, 15) is 9.59 Å². The van der Waals surface area contributed by atoms with E-state index in [2.05, 4.69) is 0 Å². The van der Waals surface area contributed by atoms with E-state index in [1.54, 1.807) is 29.2 Å². The summed E-state index contributed by atoms with van der Waals surface area (Å²) in [6.45, 7) is 1.39. The SMILES string of the molecule is NC(=O)CC1(COc2ccccc2)CCCN(C(=O)c2cccc(Cl)c2)C1. The van der Waals surface area contributed by atoms with Crippen molar-refractivity contribution in [2.75, 3.05) is 19.7 Å². The van der Waals surface area contributed by atoms with Gasteiger partial charge < -0.3 is 15.4 Å². The lowest BCUT2D eigenvalue weighted by atomic mass is 9.77. The van der Waals surface area contributed by atoms with Gasteiger partial charge >= 0.3 is 0 Å². The molecule has 1 aliphatic rings. The van der Waals surface area contributed by atoms with E-state index < -0.39 is 5.41 Å². The Kier molecular flexibility index (Phi) is 6.01. The van der Waals surface area contributed by atoms with E-state index in [1.807, 2.05) is 30.3 Å². The molecule has 2 aromatic carbocycles. The van der Waals surface area contributed by atoms with Crippen LogP contribution in [0.25, 0.3) is 0 Å². The fraction of sp³-hybridized carbons (Fsp3) is 0.333. The van der Waals surface area contributed by atoms with Crippen LogP contribution in [-0.4, -0.2) is 36.4 Å². The summed E-state index contributed by atoms with van der Waals surface area (Å²) in [5.41, 5.74) is 5.57. The van der Waals surface area contributed by atoms with Crippen LogP contribution in [-0.2, 0) is 4.79 Å². The van der Waals surface area contributed by atoms with Crippen molar-refractivity contribution in [2.24, 2.45) is 11.1 Å². The molecule has 1 unspecified atom stereocenters. The molecule has 0 aliphatic carbocycles. The fourth-order valence-corrected chi connectivity index (χ4v) is 3.81. The zero-order valence-corrected chi connectivity index (χ0v) is 15.8. The Balaban J connectivity index is 1.77. The number of amides is 2. The molecule has 2 aromatic rings. The van der Waals surface area contributed by atoms with E-state index in [0.29, 0.717) is 30.3 Å². The number of ether oxygens (including phenoxy) is 1. The van der Waals surface area contributed by atoms with E-state index in [-0.39, 0.29) is 18.2 Å². The van der Waals surface area contributed by atoms with Gasteiger partial charge in [0, 0.05) is 35.5 Å². The van der Waals surface area contributed by atoms with Gasteiger partial charge in [-0.15, -0.1) is 0 Å². The Hall–Kier alpha value is -2.53. The number of hydrogen-bond donors (Lipinski definition) is 1. The third kappa shape index (κ3) is 5.01. The first-order valence-corrected chi connectivity index (χ1v) is 9.36. The smallest absolute Gasteiger partial charge is 0.253 e. The number of nitrogens with zero attached hydrogens (tertiary/aromatic N) is 1. The maximum Gasteiger partial charge on any atom is 0.253 e. The third-order valence-electron chi connectivity index (χ3n) is 4.86. The van der Waals surface area contributed by atoms with Crippen LogP contribution >= 0.6 is 11.6 Å². The molecule has 1 heterocycles. The minimum absolute atomic E-state index is 0.0919. The predicted molar refractivity (Wildman–Crippen MR) is 105 cm³/mol. The van der Waals surface area contributed by atoms with Crippen molar-refractivity contribution in [2.45, 2.75) is 19.3 Å². The topological polar surface area (TPSA) is 72.6 Å². The Bertz CT molecular complexity index is 812. The van der Waals surface area contributed by atoms with Crippen LogP contribution in [0.2, 0.25) is 5.02 Å². The highest BCUT2D eigenvalue weighted by Gasteiger charge is 2.39. The average molecular weight is 387 g/mol. The van der Waals surface area contributed by atoms with Gasteiger partial charge in [-0.1, -0.05) is 35.9 Å². The fourth-order valence-electron chi connectivity index (χ4n) is 3.62. The number of primary amides is 1. The van der Waals surface area contributed by atoms with Crippen molar-refractivity contribution in [3.63, 3.8) is 0 Å². The van der Waals surface area contributed by atoms with Crippen LogP contribution in [0.4, 0.5) is 0 Å². The molecule has 0 bridgehead atoms. The molecule has 27 heavy (non-hydrogen) atoms. The summed E-state index contributed by atoms with van der Waals surface area (Å²) in [5.74, 6) is 0.258. The quantitative estimate of drug-likeness (QED) is 0.825. The Morgan fingerprint density at radius 3 is 2.63 bits per heavy atom. The number of rotatable bonds is 6. The van der Waals surface area contributed by atoms with E-state index in [0.717, 1.165) is 18.6 Å². The monoisotopic (exact) mass is 386 g/mol. The summed E-state index contributed by atoms with van der Waals surface area (Å²) < 4.78 is 5.94. The zero-order valence-electron chi connectivity index (χ0n) is 15.1. The molecule has 1 fully saturated rings. The molecule has 2 N–H and O–H groups in total. The van der Waals surface area contributed by atoms with Crippen LogP contribution in [0.3, 0.4) is 0 Å². The van der Waals surface area contributed by atoms with Gasteiger partial charge in [0.15, 0.2) is 0 Å². The highest BCUT2D eigenvalue weighted by molar-refractivity contribution is 6.30. The number of hydrogen-bond acceptors (Lipinski definition) is 3. The first-order chi connectivity index (χ1) is 13.0. The molecular formula is C21H23ClN2O3. The van der Waals surface area contributed by atoms with Gasteiger partial charge in [-0.2, -0.15) is 0 Å². The molecule has 6 heteroatoms. The molecule has 0 radical (unpaired) electrons. The number of para-hydroxylation sites is 1. The van der Waals surface area contributed by atoms with Crippen LogP contribution < -0.4 is 10.5 Å². The largest absolute Gasteiger partial charge is 0.493 e. The normalized spacial score (nSPS) is 19.5. The Labute approximate surface area is 164 Å². The highest BCUT2D eigenvalue weighted by atomic mass is 35.5. The number of piperidine rings is 1. The van der Waals surface area contributed by atoms with E-state index in [4.69, 9.17) is 22.1 Å². The molecule has 1 atom stereocenters. The van der Waals surface area contributed by atoms with Gasteiger partial charge in [-0.25, -0.2) is 0 Å². The molecule has 0 aromatic heterocycles. The van der Waals surface area contributed by atoms with Gasteiger partial charge in [0.25, 0.3) is 5.91 Å². The van der Waals surface area contributed by atoms with Crippen LogP contribution in [0.15, 0.2) is 54.6 Å². The van der Waals surface area contributed by atoms with Crippen LogP contribution in [0.1, 0.15) is 29.6 Å². The summed E-state index contributed by atoms with van der Waals surface area (Å²) in [6.07, 6.45) is 1.75. The van der Waals surface area contributed by atoms with Crippen molar-refractivity contribution in [3.05, 3.63) is 65.2 Å². The van der Waals surface area contributed by atoms with Crippen molar-refractivity contribution >= 4 is 23.4 Å². The lowest BCUT2D eigenvalue weighted by molar-refractivity contribution is -0.122. The Morgan fingerprint density at radius 2 is 1.93 bits per heavy atom. The first-order valence-electron chi connectivity index (χ1n) is 8.98. The molecule has 2 amide bonds.